The quantitative estimate of drug-likeness (QED) is 0.874. The maximum atomic E-state index is 12.7. The minimum absolute atomic E-state index is 0.214. The van der Waals surface area contributed by atoms with Crippen molar-refractivity contribution in [2.75, 3.05) is 0 Å². The number of ketones is 1. The molecule has 2 unspecified atom stereocenters. The number of aliphatic hydroxyl groups is 1. The van der Waals surface area contributed by atoms with Gasteiger partial charge in [0, 0.05) is 23.5 Å². The molecule has 2 atom stereocenters. The van der Waals surface area contributed by atoms with Gasteiger partial charge >= 0.3 is 0 Å². The Hall–Kier alpha value is -3.04. The number of carbonyl (C=O) groups is 2. The van der Waals surface area contributed by atoms with Crippen LogP contribution in [-0.4, -0.2) is 27.9 Å². The van der Waals surface area contributed by atoms with Crippen LogP contribution in [0.4, 0.5) is 0 Å². The summed E-state index contributed by atoms with van der Waals surface area (Å²) in [5.74, 6) is -0.598. The fourth-order valence-electron chi connectivity index (χ4n) is 3.05. The number of nitriles is 1. The van der Waals surface area contributed by atoms with Crippen molar-refractivity contribution in [2.45, 2.75) is 26.0 Å². The zero-order valence-corrected chi connectivity index (χ0v) is 13.9. The Labute approximate surface area is 145 Å². The molecule has 0 spiro atoms. The van der Waals surface area contributed by atoms with E-state index in [0.717, 1.165) is 0 Å². The van der Waals surface area contributed by atoms with E-state index in [1.165, 1.54) is 12.4 Å². The molecular weight excluding hydrogens is 318 g/mol. The Morgan fingerprint density at radius 3 is 2.60 bits per heavy atom. The Morgan fingerprint density at radius 2 is 1.96 bits per heavy atom. The number of Topliss-reactive ketones (excluding diaryl/α,β-unsaturated/α-hetero) is 1. The minimum atomic E-state index is -1.12. The van der Waals surface area contributed by atoms with Gasteiger partial charge in [-0.3, -0.25) is 14.6 Å². The molecule has 2 N–H and O–H groups in total. The number of benzene rings is 1. The zero-order chi connectivity index (χ0) is 18.2. The van der Waals surface area contributed by atoms with Crippen molar-refractivity contribution in [1.82, 2.24) is 10.3 Å². The summed E-state index contributed by atoms with van der Waals surface area (Å²) < 4.78 is 0. The summed E-state index contributed by atoms with van der Waals surface area (Å²) >= 11 is 0. The van der Waals surface area contributed by atoms with Crippen LogP contribution in [-0.2, 0) is 0 Å². The third kappa shape index (κ3) is 2.79. The number of hydrogen-bond donors (Lipinski definition) is 2. The van der Waals surface area contributed by atoms with E-state index in [2.05, 4.69) is 10.3 Å². The van der Waals surface area contributed by atoms with Crippen LogP contribution in [0.3, 0.4) is 0 Å². The fourth-order valence-corrected chi connectivity index (χ4v) is 3.05. The van der Waals surface area contributed by atoms with E-state index in [0.29, 0.717) is 22.3 Å². The lowest BCUT2D eigenvalue weighted by atomic mass is 9.68. The first kappa shape index (κ1) is 16.8. The molecular formula is C19H17N3O3. The van der Waals surface area contributed by atoms with Crippen LogP contribution < -0.4 is 5.32 Å². The SMILES string of the molecule is CC1(C)C(=O)c2ccc(C#N)cc2C(NC(=O)c2ccncc2)C1O. The topological polar surface area (TPSA) is 103 Å². The molecule has 1 aliphatic carbocycles. The summed E-state index contributed by atoms with van der Waals surface area (Å²) in [6.07, 6.45) is 1.88. The molecule has 0 saturated heterocycles. The molecule has 1 aromatic heterocycles. The summed E-state index contributed by atoms with van der Waals surface area (Å²) in [5.41, 5.74) is 0.571. The highest BCUT2D eigenvalue weighted by molar-refractivity contribution is 6.04. The molecule has 1 aliphatic rings. The summed E-state index contributed by atoms with van der Waals surface area (Å²) in [7, 11) is 0. The third-order valence-corrected chi connectivity index (χ3v) is 4.63. The normalized spacial score (nSPS) is 21.1. The number of nitrogens with zero attached hydrogens (tertiary/aromatic N) is 2. The van der Waals surface area contributed by atoms with Crippen LogP contribution in [0.25, 0.3) is 0 Å². The zero-order valence-electron chi connectivity index (χ0n) is 13.9. The second-order valence-corrected chi connectivity index (χ2v) is 6.60. The van der Waals surface area contributed by atoms with Gasteiger partial charge in [-0.2, -0.15) is 5.26 Å². The highest BCUT2D eigenvalue weighted by Gasteiger charge is 2.47. The largest absolute Gasteiger partial charge is 0.390 e. The first-order chi connectivity index (χ1) is 11.9. The molecule has 1 amide bonds. The lowest BCUT2D eigenvalue weighted by Gasteiger charge is -2.40. The molecule has 3 rings (SSSR count). The highest BCUT2D eigenvalue weighted by Crippen LogP contribution is 2.41. The summed E-state index contributed by atoms with van der Waals surface area (Å²) in [4.78, 5) is 29.1. The van der Waals surface area contributed by atoms with Gasteiger partial charge in [0.1, 0.15) is 0 Å². The molecule has 2 aromatic rings. The van der Waals surface area contributed by atoms with Crippen molar-refractivity contribution >= 4 is 11.7 Å². The Bertz CT molecular complexity index is 885. The Kier molecular flexibility index (Phi) is 4.11. The number of pyridine rings is 1. The van der Waals surface area contributed by atoms with E-state index in [1.807, 2.05) is 6.07 Å². The average molecular weight is 335 g/mol. The van der Waals surface area contributed by atoms with Gasteiger partial charge in [-0.05, 0) is 49.7 Å². The average Bonchev–Trinajstić information content (AvgIpc) is 2.64. The molecule has 6 nitrogen and oxygen atoms in total. The molecule has 0 bridgehead atoms. The van der Waals surface area contributed by atoms with Gasteiger partial charge in [0.2, 0.25) is 0 Å². The monoisotopic (exact) mass is 335 g/mol. The van der Waals surface area contributed by atoms with E-state index < -0.39 is 17.6 Å². The predicted octanol–water partition coefficient (Wildman–Crippen LogP) is 2.01. The van der Waals surface area contributed by atoms with Crippen LogP contribution in [0.15, 0.2) is 42.7 Å². The van der Waals surface area contributed by atoms with E-state index in [1.54, 1.807) is 44.2 Å². The van der Waals surface area contributed by atoms with Gasteiger partial charge in [0.05, 0.1) is 29.2 Å². The lowest BCUT2D eigenvalue weighted by Crippen LogP contribution is -2.51. The lowest BCUT2D eigenvalue weighted by molar-refractivity contribution is 0.0129. The van der Waals surface area contributed by atoms with Crippen LogP contribution >= 0.6 is 0 Å². The van der Waals surface area contributed by atoms with Crippen LogP contribution in [0.5, 0.6) is 0 Å². The van der Waals surface area contributed by atoms with Crippen molar-refractivity contribution < 1.29 is 14.7 Å². The fraction of sp³-hybridized carbons (Fsp3) is 0.263. The van der Waals surface area contributed by atoms with E-state index in [9.17, 15) is 14.7 Å². The van der Waals surface area contributed by atoms with Crippen molar-refractivity contribution in [3.05, 3.63) is 65.0 Å². The summed E-state index contributed by atoms with van der Waals surface area (Å²) in [5, 5.41) is 22.7. The van der Waals surface area contributed by atoms with Crippen molar-refractivity contribution in [3.8, 4) is 6.07 Å². The maximum absolute atomic E-state index is 12.7. The highest BCUT2D eigenvalue weighted by atomic mass is 16.3. The second kappa shape index (κ2) is 6.11. The maximum Gasteiger partial charge on any atom is 0.251 e. The summed E-state index contributed by atoms with van der Waals surface area (Å²) in [6, 6.07) is 9.04. The van der Waals surface area contributed by atoms with E-state index >= 15 is 0 Å². The Balaban J connectivity index is 2.06. The second-order valence-electron chi connectivity index (χ2n) is 6.60. The number of nitrogens with one attached hydrogen (secondary N) is 1. The van der Waals surface area contributed by atoms with Crippen molar-refractivity contribution in [3.63, 3.8) is 0 Å². The molecule has 1 aromatic carbocycles. The molecule has 126 valence electrons. The van der Waals surface area contributed by atoms with Crippen molar-refractivity contribution in [1.29, 1.82) is 5.26 Å². The van der Waals surface area contributed by atoms with Gasteiger partial charge in [-0.25, -0.2) is 0 Å². The van der Waals surface area contributed by atoms with E-state index in [4.69, 9.17) is 5.26 Å². The van der Waals surface area contributed by atoms with Gasteiger partial charge in [-0.1, -0.05) is 0 Å². The molecule has 0 aliphatic heterocycles. The number of aromatic nitrogens is 1. The molecule has 0 radical (unpaired) electrons. The molecule has 6 heteroatoms. The number of aliphatic hydroxyl groups excluding tert-OH is 1. The van der Waals surface area contributed by atoms with Crippen LogP contribution in [0, 0.1) is 16.7 Å². The predicted molar refractivity (Wildman–Crippen MR) is 89.7 cm³/mol. The van der Waals surface area contributed by atoms with Crippen molar-refractivity contribution in [2.24, 2.45) is 5.41 Å². The van der Waals surface area contributed by atoms with Gasteiger partial charge in [-0.15, -0.1) is 0 Å². The number of rotatable bonds is 2. The molecule has 1 heterocycles. The molecule has 0 saturated carbocycles. The number of amides is 1. The van der Waals surface area contributed by atoms with Crippen LogP contribution in [0.1, 0.15) is 51.7 Å². The van der Waals surface area contributed by atoms with Crippen LogP contribution in [0.2, 0.25) is 0 Å². The van der Waals surface area contributed by atoms with Gasteiger partial charge < -0.3 is 10.4 Å². The number of hydrogen-bond acceptors (Lipinski definition) is 5. The first-order valence-corrected chi connectivity index (χ1v) is 7.84. The van der Waals surface area contributed by atoms with Gasteiger partial charge in [0.15, 0.2) is 5.78 Å². The van der Waals surface area contributed by atoms with E-state index in [-0.39, 0.29) is 11.7 Å². The number of carbonyl (C=O) groups excluding carboxylic acids is 2. The molecule has 0 fully saturated rings. The number of fused-ring (bicyclic) bond motifs is 1. The third-order valence-electron chi connectivity index (χ3n) is 4.63. The molecule has 25 heavy (non-hydrogen) atoms. The standard InChI is InChI=1S/C19H17N3O3/c1-19(2)16(23)13-4-3-11(10-20)9-14(13)15(17(19)24)22-18(25)12-5-7-21-8-6-12/h3-9,15,17,24H,1-2H3,(H,22,25). The smallest absolute Gasteiger partial charge is 0.251 e. The summed E-state index contributed by atoms with van der Waals surface area (Å²) in [6.45, 7) is 3.29. The minimum Gasteiger partial charge on any atom is -0.390 e. The Morgan fingerprint density at radius 1 is 1.28 bits per heavy atom. The van der Waals surface area contributed by atoms with Gasteiger partial charge in [0.25, 0.3) is 5.91 Å². The first-order valence-electron chi connectivity index (χ1n) is 7.84.